The van der Waals surface area contributed by atoms with Crippen LogP contribution < -0.4 is 26.0 Å². The summed E-state index contributed by atoms with van der Waals surface area (Å²) in [7, 11) is 0. The maximum atomic E-state index is 6.82. The highest BCUT2D eigenvalue weighted by Crippen LogP contribution is 2.46. The molecule has 0 fully saturated rings. The molecular formula is C43H46BNO. The minimum absolute atomic E-state index is 0.0149. The second kappa shape index (κ2) is 10.4. The van der Waals surface area contributed by atoms with Gasteiger partial charge in [-0.05, 0) is 104 Å². The topological polar surface area (TPSA) is 12.5 Å². The summed E-state index contributed by atoms with van der Waals surface area (Å²) in [5.74, 6) is 1.92. The molecule has 2 aliphatic rings. The summed E-state index contributed by atoms with van der Waals surface area (Å²) in [6.07, 6.45) is 0. The lowest BCUT2D eigenvalue weighted by Gasteiger charge is -2.42. The minimum atomic E-state index is 0.0149. The smallest absolute Gasteiger partial charge is 0.256 e. The van der Waals surface area contributed by atoms with Crippen LogP contribution in [0.25, 0.3) is 11.1 Å². The van der Waals surface area contributed by atoms with Crippen LogP contribution >= 0.6 is 0 Å². The molecule has 0 aromatic heterocycles. The van der Waals surface area contributed by atoms with E-state index in [9.17, 15) is 0 Å². The zero-order chi connectivity index (χ0) is 32.8. The third-order valence-electron chi connectivity index (χ3n) is 9.83. The summed E-state index contributed by atoms with van der Waals surface area (Å²) in [6, 6.07) is 36.5. The van der Waals surface area contributed by atoms with Crippen molar-refractivity contribution in [3.63, 3.8) is 0 Å². The maximum absolute atomic E-state index is 6.82. The monoisotopic (exact) mass is 603 g/mol. The van der Waals surface area contributed by atoms with Gasteiger partial charge in [0.15, 0.2) is 0 Å². The molecule has 0 atom stereocenters. The van der Waals surface area contributed by atoms with Crippen LogP contribution in [-0.2, 0) is 16.2 Å². The van der Waals surface area contributed by atoms with E-state index in [2.05, 4.69) is 171 Å². The van der Waals surface area contributed by atoms with Crippen molar-refractivity contribution in [2.75, 3.05) is 4.90 Å². The Morgan fingerprint density at radius 2 is 1.09 bits per heavy atom. The number of fused-ring (bicyclic) bond motifs is 4. The maximum Gasteiger partial charge on any atom is 0.256 e. The van der Waals surface area contributed by atoms with Gasteiger partial charge < -0.3 is 9.64 Å². The summed E-state index contributed by atoms with van der Waals surface area (Å²) in [5.41, 5.74) is 15.2. The molecule has 0 unspecified atom stereocenters. The molecular weight excluding hydrogens is 557 g/mol. The molecule has 5 aromatic rings. The molecule has 0 spiro atoms. The minimum Gasteiger partial charge on any atom is -0.458 e. The number of anilines is 3. The van der Waals surface area contributed by atoms with E-state index in [-0.39, 0.29) is 23.0 Å². The first kappa shape index (κ1) is 30.4. The van der Waals surface area contributed by atoms with Crippen LogP contribution in [0.15, 0.2) is 97.1 Å². The second-order valence-electron chi connectivity index (χ2n) is 16.4. The molecule has 0 saturated carbocycles. The fraction of sp³-hybridized carbons (Fsp3) is 0.302. The average Bonchev–Trinajstić information content (AvgIpc) is 2.99. The first-order valence-corrected chi connectivity index (χ1v) is 16.7. The van der Waals surface area contributed by atoms with Crippen LogP contribution in [0.5, 0.6) is 11.5 Å². The van der Waals surface area contributed by atoms with Gasteiger partial charge in [-0.3, -0.25) is 0 Å². The van der Waals surface area contributed by atoms with E-state index in [4.69, 9.17) is 4.74 Å². The zero-order valence-electron chi connectivity index (χ0n) is 29.2. The van der Waals surface area contributed by atoms with Gasteiger partial charge in [0.2, 0.25) is 0 Å². The quantitative estimate of drug-likeness (QED) is 0.182. The molecule has 2 aliphatic heterocycles. The number of ether oxygens (including phenoxy) is 1. The third-order valence-corrected chi connectivity index (χ3v) is 9.83. The van der Waals surface area contributed by atoms with Crippen LogP contribution in [-0.4, -0.2) is 6.71 Å². The predicted octanol–water partition coefficient (Wildman–Crippen LogP) is 9.96. The number of benzene rings is 5. The van der Waals surface area contributed by atoms with Gasteiger partial charge in [-0.15, -0.1) is 0 Å². The fourth-order valence-electron chi connectivity index (χ4n) is 7.13. The van der Waals surface area contributed by atoms with Gasteiger partial charge in [0.25, 0.3) is 6.71 Å². The number of aryl methyl sites for hydroxylation is 1. The van der Waals surface area contributed by atoms with E-state index < -0.39 is 0 Å². The SMILES string of the molecule is Cc1cc2c3c(c1)N(c1ccc(C(C)(C)C)cc1-c1ccccc1)c1ccc(C(C)(C)C)cc1B3c1cc(C(C)(C)C)ccc1O2. The van der Waals surface area contributed by atoms with Gasteiger partial charge in [-0.25, -0.2) is 0 Å². The molecule has 3 heteroatoms. The van der Waals surface area contributed by atoms with Crippen LogP contribution in [0.4, 0.5) is 17.1 Å². The van der Waals surface area contributed by atoms with E-state index in [0.29, 0.717) is 0 Å². The Morgan fingerprint density at radius 3 is 1.72 bits per heavy atom. The highest BCUT2D eigenvalue weighted by Gasteiger charge is 2.43. The fourth-order valence-corrected chi connectivity index (χ4v) is 7.13. The molecule has 46 heavy (non-hydrogen) atoms. The Balaban J connectivity index is 1.57. The molecule has 7 rings (SSSR count). The molecule has 0 aliphatic carbocycles. The Labute approximate surface area is 276 Å². The molecule has 5 aromatic carbocycles. The van der Waals surface area contributed by atoms with Gasteiger partial charge in [0.1, 0.15) is 11.5 Å². The van der Waals surface area contributed by atoms with Crippen molar-refractivity contribution in [3.05, 3.63) is 119 Å². The van der Waals surface area contributed by atoms with Gasteiger partial charge >= 0.3 is 0 Å². The molecule has 0 saturated heterocycles. The summed E-state index contributed by atoms with van der Waals surface area (Å²) >= 11 is 0. The Kier molecular flexibility index (Phi) is 6.87. The van der Waals surface area contributed by atoms with Gasteiger partial charge in [-0.2, -0.15) is 0 Å². The summed E-state index contributed by atoms with van der Waals surface area (Å²) in [5, 5.41) is 0. The van der Waals surface area contributed by atoms with E-state index in [1.165, 1.54) is 66.8 Å². The Bertz CT molecular complexity index is 1990. The van der Waals surface area contributed by atoms with E-state index >= 15 is 0 Å². The van der Waals surface area contributed by atoms with Crippen molar-refractivity contribution in [1.29, 1.82) is 0 Å². The highest BCUT2D eigenvalue weighted by atomic mass is 16.5. The molecule has 0 N–H and O–H groups in total. The van der Waals surface area contributed by atoms with Crippen LogP contribution in [0.2, 0.25) is 0 Å². The van der Waals surface area contributed by atoms with Crippen molar-refractivity contribution in [3.8, 4) is 22.6 Å². The van der Waals surface area contributed by atoms with Crippen LogP contribution in [0.3, 0.4) is 0 Å². The van der Waals surface area contributed by atoms with Crippen molar-refractivity contribution in [1.82, 2.24) is 0 Å². The Hall–Kier alpha value is -4.24. The van der Waals surface area contributed by atoms with Gasteiger partial charge in [-0.1, -0.05) is 123 Å². The van der Waals surface area contributed by atoms with E-state index in [1.807, 2.05) is 0 Å². The lowest BCUT2D eigenvalue weighted by Crippen LogP contribution is -2.60. The van der Waals surface area contributed by atoms with E-state index in [1.54, 1.807) is 0 Å². The van der Waals surface area contributed by atoms with Crippen molar-refractivity contribution in [2.45, 2.75) is 85.5 Å². The number of hydrogen-bond donors (Lipinski definition) is 0. The van der Waals surface area contributed by atoms with Gasteiger partial charge in [0, 0.05) is 16.9 Å². The Morgan fingerprint density at radius 1 is 0.522 bits per heavy atom. The lowest BCUT2D eigenvalue weighted by molar-refractivity contribution is 0.486. The first-order valence-electron chi connectivity index (χ1n) is 16.7. The first-order chi connectivity index (χ1) is 21.6. The lowest BCUT2D eigenvalue weighted by atomic mass is 9.33. The molecule has 0 amide bonds. The predicted molar refractivity (Wildman–Crippen MR) is 199 cm³/mol. The standard InChI is InChI=1S/C43H46BNO/c1-27-22-37-40-39(23-27)46-38-21-18-31(43(8,9)10)26-34(38)44(40)33-25-30(42(5,6)7)17-20-36(33)45(37)35-19-16-29(41(2,3)4)24-32(35)28-14-12-11-13-15-28/h11-26H,1-10H3. The number of nitrogens with zero attached hydrogens (tertiary/aromatic N) is 1. The molecule has 232 valence electrons. The summed E-state index contributed by atoms with van der Waals surface area (Å²) in [6.45, 7) is 23.0. The molecule has 2 heterocycles. The van der Waals surface area contributed by atoms with E-state index in [0.717, 1.165) is 11.5 Å². The normalized spacial score (nSPS) is 14.0. The van der Waals surface area contributed by atoms with Gasteiger partial charge in [0.05, 0.1) is 5.69 Å². The van der Waals surface area contributed by atoms with Crippen LogP contribution in [0.1, 0.15) is 84.6 Å². The number of rotatable bonds is 2. The number of hydrogen-bond acceptors (Lipinski definition) is 2. The average molecular weight is 604 g/mol. The summed E-state index contributed by atoms with van der Waals surface area (Å²) < 4.78 is 6.82. The third kappa shape index (κ3) is 5.05. The zero-order valence-corrected chi connectivity index (χ0v) is 29.2. The van der Waals surface area contributed by atoms with Crippen molar-refractivity contribution in [2.24, 2.45) is 0 Å². The molecule has 0 bridgehead atoms. The second-order valence-corrected chi connectivity index (χ2v) is 16.4. The van der Waals surface area contributed by atoms with Crippen LogP contribution in [0, 0.1) is 6.92 Å². The highest BCUT2D eigenvalue weighted by molar-refractivity contribution is 6.99. The summed E-state index contributed by atoms with van der Waals surface area (Å²) in [4.78, 5) is 2.51. The molecule has 2 nitrogen and oxygen atoms in total. The largest absolute Gasteiger partial charge is 0.458 e. The van der Waals surface area contributed by atoms with Crippen molar-refractivity contribution >= 4 is 40.2 Å². The molecule has 0 radical (unpaired) electrons. The van der Waals surface area contributed by atoms with Crippen molar-refractivity contribution < 1.29 is 4.74 Å².